The Hall–Kier alpha value is -1.91. The van der Waals surface area contributed by atoms with Gasteiger partial charge in [-0.3, -0.25) is 9.97 Å². The van der Waals surface area contributed by atoms with E-state index in [1.807, 2.05) is 12.3 Å². The van der Waals surface area contributed by atoms with Gasteiger partial charge in [0.1, 0.15) is 11.8 Å². The van der Waals surface area contributed by atoms with Crippen molar-refractivity contribution in [1.82, 2.24) is 25.2 Å². The third-order valence-corrected chi connectivity index (χ3v) is 6.97. The second-order valence-corrected chi connectivity index (χ2v) is 9.05. The molecule has 0 bridgehead atoms. The lowest BCUT2D eigenvalue weighted by Crippen LogP contribution is -2.43. The zero-order valence-corrected chi connectivity index (χ0v) is 21.3. The second kappa shape index (κ2) is 12.2. The van der Waals surface area contributed by atoms with Crippen LogP contribution in [0.25, 0.3) is 11.0 Å². The van der Waals surface area contributed by atoms with E-state index in [1.54, 1.807) is 24.9 Å². The molecule has 1 saturated heterocycles. The van der Waals surface area contributed by atoms with Crippen LogP contribution in [-0.2, 0) is 13.0 Å². The molecule has 1 N–H and O–H groups in total. The Kier molecular flexibility index (Phi) is 9.56. The van der Waals surface area contributed by atoms with Crippen LogP contribution in [-0.4, -0.2) is 58.6 Å². The van der Waals surface area contributed by atoms with Gasteiger partial charge in [-0.05, 0) is 44.5 Å². The van der Waals surface area contributed by atoms with Crippen LogP contribution in [0, 0.1) is 5.82 Å². The molecule has 34 heavy (non-hydrogen) atoms. The number of fused-ring (bicyclic) bond motifs is 2. The molecule has 3 aromatic heterocycles. The average Bonchev–Trinajstić information content (AvgIpc) is 3.30. The van der Waals surface area contributed by atoms with E-state index in [4.69, 9.17) is 9.47 Å². The molecule has 0 amide bonds. The summed E-state index contributed by atoms with van der Waals surface area (Å²) in [6, 6.07) is 6.16. The largest absolute Gasteiger partial charge is 0.481 e. The zero-order chi connectivity index (χ0) is 21.9. The van der Waals surface area contributed by atoms with Crippen molar-refractivity contribution in [2.24, 2.45) is 0 Å². The minimum absolute atomic E-state index is 0. The molecule has 0 spiro atoms. The fourth-order valence-electron chi connectivity index (χ4n) is 4.25. The fraction of sp³-hybridized carbons (Fsp3) is 0.435. The van der Waals surface area contributed by atoms with E-state index in [2.05, 4.69) is 31.2 Å². The van der Waals surface area contributed by atoms with E-state index in [1.165, 1.54) is 11.1 Å². The summed E-state index contributed by atoms with van der Waals surface area (Å²) >= 11 is 1.71. The first-order valence-corrected chi connectivity index (χ1v) is 11.9. The highest BCUT2D eigenvalue weighted by molar-refractivity contribution is 7.99. The molecule has 184 valence electrons. The van der Waals surface area contributed by atoms with E-state index in [0.29, 0.717) is 40.9 Å². The molecule has 0 atom stereocenters. The van der Waals surface area contributed by atoms with E-state index < -0.39 is 0 Å². The number of hydrogen-bond acceptors (Lipinski definition) is 8. The monoisotopic (exact) mass is 527 g/mol. The van der Waals surface area contributed by atoms with E-state index >= 15 is 0 Å². The topological polar surface area (TPSA) is 72.4 Å². The maximum Gasteiger partial charge on any atom is 0.213 e. The number of aromatic nitrogens is 3. The first-order valence-electron chi connectivity index (χ1n) is 10.9. The van der Waals surface area contributed by atoms with E-state index in [0.717, 1.165) is 50.5 Å². The number of ether oxygens (including phenoxy) is 2. The predicted molar refractivity (Wildman–Crippen MR) is 136 cm³/mol. The summed E-state index contributed by atoms with van der Waals surface area (Å²) in [5.41, 5.74) is 2.94. The van der Waals surface area contributed by atoms with Crippen molar-refractivity contribution in [3.63, 3.8) is 0 Å². The lowest BCUT2D eigenvalue weighted by atomic mass is 10.0. The standard InChI is InChI=1S/C23H26FN5O2S.2ClH/c1-30-22-3-2-19-23(28-22)17(18(24)12-27-19)6-9-29-7-4-15(5-8-29)25-11-16-10-21-20(13-26-16)31-14-32-21;;/h2-3,10,12-13,15,25H,4-9,11,14H2,1H3;2*1H. The minimum atomic E-state index is -0.305. The van der Waals surface area contributed by atoms with Crippen molar-refractivity contribution in [3.8, 4) is 11.6 Å². The quantitative estimate of drug-likeness (QED) is 0.488. The van der Waals surface area contributed by atoms with Crippen molar-refractivity contribution in [2.45, 2.75) is 36.7 Å². The molecule has 0 aromatic carbocycles. The van der Waals surface area contributed by atoms with Gasteiger partial charge < -0.3 is 19.7 Å². The maximum absolute atomic E-state index is 14.5. The predicted octanol–water partition coefficient (Wildman–Crippen LogP) is 4.25. The summed E-state index contributed by atoms with van der Waals surface area (Å²) in [7, 11) is 1.56. The molecule has 5 heterocycles. The third-order valence-electron chi connectivity index (χ3n) is 6.10. The van der Waals surface area contributed by atoms with Crippen molar-refractivity contribution < 1.29 is 13.9 Å². The molecule has 5 rings (SSSR count). The number of pyridine rings is 3. The molecular formula is C23H28Cl2FN5O2S. The molecule has 3 aromatic rings. The lowest BCUT2D eigenvalue weighted by Gasteiger charge is -2.32. The molecule has 11 heteroatoms. The molecule has 7 nitrogen and oxygen atoms in total. The Morgan fingerprint density at radius 1 is 1.21 bits per heavy atom. The molecule has 0 radical (unpaired) electrons. The van der Waals surface area contributed by atoms with Gasteiger partial charge in [0.2, 0.25) is 5.88 Å². The first-order chi connectivity index (χ1) is 15.7. The number of likely N-dealkylation sites (tertiary alicyclic amines) is 1. The number of piperidine rings is 1. The molecule has 2 aliphatic heterocycles. The SMILES string of the molecule is COc1ccc2ncc(F)c(CCN3CCC(NCc4cc5c(cn4)OCS5)CC3)c2n1.Cl.Cl. The fourth-order valence-corrected chi connectivity index (χ4v) is 5.03. The van der Waals surface area contributed by atoms with Gasteiger partial charge in [-0.1, -0.05) is 11.8 Å². The van der Waals surface area contributed by atoms with Gasteiger partial charge in [0.05, 0.1) is 41.1 Å². The van der Waals surface area contributed by atoms with Crippen molar-refractivity contribution in [2.75, 3.05) is 32.7 Å². The van der Waals surface area contributed by atoms with Gasteiger partial charge in [0, 0.05) is 30.8 Å². The van der Waals surface area contributed by atoms with Crippen LogP contribution in [0.2, 0.25) is 0 Å². The van der Waals surface area contributed by atoms with Crippen molar-refractivity contribution in [1.29, 1.82) is 0 Å². The van der Waals surface area contributed by atoms with Crippen LogP contribution in [0.5, 0.6) is 11.6 Å². The number of hydrogen-bond donors (Lipinski definition) is 1. The Balaban J connectivity index is 0.00000162. The van der Waals surface area contributed by atoms with Crippen LogP contribution in [0.3, 0.4) is 0 Å². The molecular weight excluding hydrogens is 500 g/mol. The van der Waals surface area contributed by atoms with Gasteiger partial charge in [-0.15, -0.1) is 24.8 Å². The number of halogens is 3. The highest BCUT2D eigenvalue weighted by atomic mass is 35.5. The van der Waals surface area contributed by atoms with Crippen molar-refractivity contribution in [3.05, 3.63) is 47.7 Å². The van der Waals surface area contributed by atoms with Crippen LogP contribution < -0.4 is 14.8 Å². The molecule has 0 unspecified atom stereocenters. The van der Waals surface area contributed by atoms with E-state index in [9.17, 15) is 4.39 Å². The van der Waals surface area contributed by atoms with Gasteiger partial charge in [0.25, 0.3) is 0 Å². The molecule has 0 aliphatic carbocycles. The van der Waals surface area contributed by atoms with Gasteiger partial charge >= 0.3 is 0 Å². The maximum atomic E-state index is 14.5. The van der Waals surface area contributed by atoms with E-state index in [-0.39, 0.29) is 30.6 Å². The van der Waals surface area contributed by atoms with Crippen LogP contribution in [0.4, 0.5) is 4.39 Å². The number of methoxy groups -OCH3 is 1. The smallest absolute Gasteiger partial charge is 0.213 e. The summed E-state index contributed by atoms with van der Waals surface area (Å²) in [6.45, 7) is 3.53. The van der Waals surface area contributed by atoms with Gasteiger partial charge in [0.15, 0.2) is 5.75 Å². The zero-order valence-electron chi connectivity index (χ0n) is 18.8. The van der Waals surface area contributed by atoms with Gasteiger partial charge in [-0.2, -0.15) is 0 Å². The molecule has 0 saturated carbocycles. The Labute approximate surface area is 215 Å². The number of rotatable bonds is 7. The summed E-state index contributed by atoms with van der Waals surface area (Å²) < 4.78 is 25.2. The summed E-state index contributed by atoms with van der Waals surface area (Å²) in [5, 5.41) is 3.64. The lowest BCUT2D eigenvalue weighted by molar-refractivity contribution is 0.198. The van der Waals surface area contributed by atoms with Crippen LogP contribution >= 0.6 is 36.6 Å². The second-order valence-electron chi connectivity index (χ2n) is 8.08. The minimum Gasteiger partial charge on any atom is -0.481 e. The Morgan fingerprint density at radius 2 is 2.03 bits per heavy atom. The number of thioether (sulfide) groups is 1. The normalized spacial score (nSPS) is 15.8. The third kappa shape index (κ3) is 6.01. The number of nitrogens with zero attached hydrogens (tertiary/aromatic N) is 4. The highest BCUT2D eigenvalue weighted by Crippen LogP contribution is 2.35. The Bertz CT molecular complexity index is 1120. The summed E-state index contributed by atoms with van der Waals surface area (Å²) in [5.74, 6) is 1.73. The molecule has 2 aliphatic rings. The first kappa shape index (κ1) is 26.7. The average molecular weight is 528 g/mol. The molecule has 1 fully saturated rings. The summed E-state index contributed by atoms with van der Waals surface area (Å²) in [4.78, 5) is 16.7. The van der Waals surface area contributed by atoms with Crippen LogP contribution in [0.1, 0.15) is 24.1 Å². The van der Waals surface area contributed by atoms with Crippen LogP contribution in [0.15, 0.2) is 35.5 Å². The number of nitrogens with one attached hydrogen (secondary N) is 1. The Morgan fingerprint density at radius 3 is 2.82 bits per heavy atom. The van der Waals surface area contributed by atoms with Gasteiger partial charge in [-0.25, -0.2) is 9.37 Å². The highest BCUT2D eigenvalue weighted by Gasteiger charge is 2.21. The summed E-state index contributed by atoms with van der Waals surface area (Å²) in [6.07, 6.45) is 5.84. The van der Waals surface area contributed by atoms with Crippen molar-refractivity contribution >= 4 is 47.6 Å².